The minimum atomic E-state index is -0.177. The van der Waals surface area contributed by atoms with Gasteiger partial charge < -0.3 is 19.9 Å². The number of carbonyl (C=O) groups is 1. The van der Waals surface area contributed by atoms with Crippen LogP contribution in [-0.2, 0) is 9.53 Å². The van der Waals surface area contributed by atoms with Crippen molar-refractivity contribution in [2.75, 3.05) is 38.3 Å². The van der Waals surface area contributed by atoms with Gasteiger partial charge in [-0.2, -0.15) is 0 Å². The summed E-state index contributed by atoms with van der Waals surface area (Å²) in [6, 6.07) is 15.4. The average molecular weight is 440 g/mol. The Labute approximate surface area is 186 Å². The monoisotopic (exact) mass is 439 g/mol. The fraction of sp³-hybridized carbons (Fsp3) is 0.333. The number of halogens is 1. The number of piperidine rings is 1. The van der Waals surface area contributed by atoms with E-state index >= 15 is 0 Å². The van der Waals surface area contributed by atoms with Gasteiger partial charge in [0, 0.05) is 48.2 Å². The minimum Gasteiger partial charge on any atom is -0.383 e. The van der Waals surface area contributed by atoms with Crippen LogP contribution in [0.2, 0.25) is 5.02 Å². The van der Waals surface area contributed by atoms with Gasteiger partial charge in [-0.1, -0.05) is 41.9 Å². The first kappa shape index (κ1) is 21.4. The summed E-state index contributed by atoms with van der Waals surface area (Å²) in [5.74, 6) is -0.174. The van der Waals surface area contributed by atoms with E-state index in [0.717, 1.165) is 41.4 Å². The number of nitrogens with one attached hydrogen (secondary N) is 2. The normalized spacial score (nSPS) is 16.5. The molecule has 31 heavy (non-hydrogen) atoms. The third kappa shape index (κ3) is 4.60. The van der Waals surface area contributed by atoms with Crippen LogP contribution in [0.25, 0.3) is 22.0 Å². The molecule has 1 fully saturated rings. The van der Waals surface area contributed by atoms with Gasteiger partial charge in [-0.15, -0.1) is 0 Å². The number of hydrogen-bond acceptors (Lipinski definition) is 4. The molecule has 0 bridgehead atoms. The highest BCUT2D eigenvalue weighted by Gasteiger charge is 2.29. The third-order valence-electron chi connectivity index (χ3n) is 5.73. The van der Waals surface area contributed by atoms with Crippen LogP contribution in [0, 0.1) is 5.92 Å². The maximum absolute atomic E-state index is 13.3. The number of aromatic amines is 1. The summed E-state index contributed by atoms with van der Waals surface area (Å²) in [4.78, 5) is 31.0. The molecule has 0 unspecified atom stereocenters. The Morgan fingerprint density at radius 1 is 1.26 bits per heavy atom. The Hall–Kier alpha value is -2.83. The summed E-state index contributed by atoms with van der Waals surface area (Å²) < 4.78 is 5.02. The van der Waals surface area contributed by atoms with Crippen LogP contribution in [-0.4, -0.2) is 44.2 Å². The fourth-order valence-corrected chi connectivity index (χ4v) is 4.44. The van der Waals surface area contributed by atoms with E-state index < -0.39 is 0 Å². The molecule has 2 aromatic carbocycles. The first-order valence-electron chi connectivity index (χ1n) is 10.5. The van der Waals surface area contributed by atoms with Crippen LogP contribution in [0.15, 0.2) is 53.3 Å². The molecule has 1 atom stereocenters. The lowest BCUT2D eigenvalue weighted by molar-refractivity contribution is -0.125. The van der Waals surface area contributed by atoms with Gasteiger partial charge in [-0.25, -0.2) is 0 Å². The molecule has 1 aliphatic rings. The Bertz CT molecular complexity index is 1130. The van der Waals surface area contributed by atoms with Crippen molar-refractivity contribution in [1.82, 2.24) is 10.3 Å². The molecule has 4 rings (SSSR count). The number of nitrogens with zero attached hydrogens (tertiary/aromatic N) is 1. The maximum atomic E-state index is 13.3. The fourth-order valence-electron chi connectivity index (χ4n) is 4.27. The number of rotatable bonds is 6. The highest BCUT2D eigenvalue weighted by Crippen LogP contribution is 2.37. The molecule has 2 N–H and O–H groups in total. The van der Waals surface area contributed by atoms with E-state index in [2.05, 4.69) is 10.3 Å². The van der Waals surface area contributed by atoms with Crippen molar-refractivity contribution in [3.05, 3.63) is 63.9 Å². The van der Waals surface area contributed by atoms with Crippen LogP contribution in [0.4, 0.5) is 5.69 Å². The van der Waals surface area contributed by atoms with E-state index in [9.17, 15) is 9.59 Å². The number of anilines is 1. The lowest BCUT2D eigenvalue weighted by Gasteiger charge is -2.34. The molecule has 1 amide bonds. The second kappa shape index (κ2) is 9.54. The van der Waals surface area contributed by atoms with Gasteiger partial charge in [0.15, 0.2) is 0 Å². The molecular weight excluding hydrogens is 414 g/mol. The molecule has 1 aromatic heterocycles. The van der Waals surface area contributed by atoms with Crippen LogP contribution >= 0.6 is 11.6 Å². The highest BCUT2D eigenvalue weighted by molar-refractivity contribution is 6.31. The second-order valence-corrected chi connectivity index (χ2v) is 8.24. The zero-order chi connectivity index (χ0) is 21.8. The van der Waals surface area contributed by atoms with Crippen molar-refractivity contribution in [3.63, 3.8) is 0 Å². The third-order valence-corrected chi connectivity index (χ3v) is 5.96. The predicted molar refractivity (Wildman–Crippen MR) is 125 cm³/mol. The summed E-state index contributed by atoms with van der Waals surface area (Å²) in [6.07, 6.45) is 1.64. The molecule has 0 radical (unpaired) electrons. The Morgan fingerprint density at radius 2 is 2.06 bits per heavy atom. The predicted octanol–water partition coefficient (Wildman–Crippen LogP) is 3.83. The first-order chi connectivity index (χ1) is 15.1. The molecule has 0 aliphatic carbocycles. The molecule has 1 saturated heterocycles. The summed E-state index contributed by atoms with van der Waals surface area (Å²) in [6.45, 7) is 2.17. The Kier molecular flexibility index (Phi) is 6.59. The summed E-state index contributed by atoms with van der Waals surface area (Å²) in [5, 5.41) is 4.43. The minimum absolute atomic E-state index is 0.00303. The van der Waals surface area contributed by atoms with Crippen molar-refractivity contribution >= 4 is 34.1 Å². The molecule has 3 aromatic rings. The Balaban J connectivity index is 1.77. The van der Waals surface area contributed by atoms with Crippen LogP contribution in [0.1, 0.15) is 12.8 Å². The van der Waals surface area contributed by atoms with Crippen molar-refractivity contribution in [2.24, 2.45) is 5.92 Å². The number of fused-ring (bicyclic) bond motifs is 1. The number of aromatic nitrogens is 1. The van der Waals surface area contributed by atoms with Crippen LogP contribution < -0.4 is 15.8 Å². The van der Waals surface area contributed by atoms with Gasteiger partial charge in [-0.3, -0.25) is 9.59 Å². The molecule has 6 nitrogen and oxygen atoms in total. The van der Waals surface area contributed by atoms with Crippen LogP contribution in [0.3, 0.4) is 0 Å². The van der Waals surface area contributed by atoms with E-state index in [0.29, 0.717) is 30.4 Å². The van der Waals surface area contributed by atoms with E-state index in [1.54, 1.807) is 13.2 Å². The van der Waals surface area contributed by atoms with E-state index in [1.165, 1.54) is 0 Å². The molecule has 1 aliphatic heterocycles. The van der Waals surface area contributed by atoms with Gasteiger partial charge in [0.2, 0.25) is 5.91 Å². The standard InChI is InChI=1S/C24H26ClN3O3/c1-31-13-11-26-23(29)17-8-5-12-28(15-17)22-21(16-6-3-2-4-7-16)19-14-18(25)9-10-20(19)27-24(22)30/h2-4,6-7,9-10,14,17H,5,8,11-13,15H2,1H3,(H,26,29)(H,27,30)/t17-/m1/s1. The quantitative estimate of drug-likeness (QED) is 0.572. The molecule has 0 spiro atoms. The highest BCUT2D eigenvalue weighted by atomic mass is 35.5. The van der Waals surface area contributed by atoms with E-state index in [4.69, 9.17) is 16.3 Å². The first-order valence-corrected chi connectivity index (χ1v) is 10.9. The lowest BCUT2D eigenvalue weighted by atomic mass is 9.94. The average Bonchev–Trinajstić information content (AvgIpc) is 2.79. The SMILES string of the molecule is COCCNC(=O)[C@@H]1CCCN(c2c(-c3ccccc3)c3cc(Cl)ccc3[nH]c2=O)C1. The number of hydrogen-bond donors (Lipinski definition) is 2. The number of ether oxygens (including phenoxy) is 1. The molecular formula is C24H26ClN3O3. The van der Waals surface area contributed by atoms with Gasteiger partial charge in [0.1, 0.15) is 5.69 Å². The second-order valence-electron chi connectivity index (χ2n) is 7.80. The number of amides is 1. The zero-order valence-electron chi connectivity index (χ0n) is 17.5. The number of benzene rings is 2. The largest absolute Gasteiger partial charge is 0.383 e. The molecule has 162 valence electrons. The van der Waals surface area contributed by atoms with Gasteiger partial charge in [-0.05, 0) is 36.6 Å². The molecule has 7 heteroatoms. The van der Waals surface area contributed by atoms with Crippen molar-refractivity contribution in [1.29, 1.82) is 0 Å². The molecule has 0 saturated carbocycles. The van der Waals surface area contributed by atoms with Crippen LogP contribution in [0.5, 0.6) is 0 Å². The Morgan fingerprint density at radius 3 is 2.84 bits per heavy atom. The number of pyridine rings is 1. The topological polar surface area (TPSA) is 74.4 Å². The smallest absolute Gasteiger partial charge is 0.272 e. The molecule has 2 heterocycles. The number of methoxy groups -OCH3 is 1. The lowest BCUT2D eigenvalue weighted by Crippen LogP contribution is -2.45. The van der Waals surface area contributed by atoms with Gasteiger partial charge in [0.25, 0.3) is 5.56 Å². The summed E-state index contributed by atoms with van der Waals surface area (Å²) >= 11 is 6.31. The van der Waals surface area contributed by atoms with Crippen molar-refractivity contribution in [2.45, 2.75) is 12.8 Å². The van der Waals surface area contributed by atoms with E-state index in [1.807, 2.05) is 47.4 Å². The van der Waals surface area contributed by atoms with E-state index in [-0.39, 0.29) is 17.4 Å². The summed E-state index contributed by atoms with van der Waals surface area (Å²) in [5.41, 5.74) is 2.97. The van der Waals surface area contributed by atoms with Gasteiger partial charge >= 0.3 is 0 Å². The number of H-pyrrole nitrogens is 1. The van der Waals surface area contributed by atoms with Crippen molar-refractivity contribution < 1.29 is 9.53 Å². The van der Waals surface area contributed by atoms with Crippen molar-refractivity contribution in [3.8, 4) is 11.1 Å². The number of carbonyl (C=O) groups excluding carboxylic acids is 1. The maximum Gasteiger partial charge on any atom is 0.272 e. The zero-order valence-corrected chi connectivity index (χ0v) is 18.2. The summed E-state index contributed by atoms with van der Waals surface area (Å²) in [7, 11) is 1.61. The van der Waals surface area contributed by atoms with Gasteiger partial charge in [0.05, 0.1) is 12.5 Å².